The van der Waals surface area contributed by atoms with Crippen molar-refractivity contribution in [2.45, 2.75) is 65.7 Å². The van der Waals surface area contributed by atoms with Crippen molar-refractivity contribution in [1.82, 2.24) is 9.80 Å². The van der Waals surface area contributed by atoms with Gasteiger partial charge in [0.15, 0.2) is 0 Å². The Bertz CT molecular complexity index is 1580. The Labute approximate surface area is 259 Å². The van der Waals surface area contributed by atoms with Crippen LogP contribution in [0.3, 0.4) is 0 Å². The first-order valence-electron chi connectivity index (χ1n) is 15.7. The molecule has 0 N–H and O–H groups in total. The van der Waals surface area contributed by atoms with Gasteiger partial charge in [-0.05, 0) is 67.7 Å². The molecule has 1 atom stereocenters. The maximum atomic E-state index is 14.2. The summed E-state index contributed by atoms with van der Waals surface area (Å²) in [5, 5.41) is 0.771. The molecule has 8 nitrogen and oxygen atoms in total. The number of likely N-dealkylation sites (N-methyl/N-ethyl adjacent to an activating group) is 1. The second-order valence-electron chi connectivity index (χ2n) is 13.2. The fraction of sp³-hybridized carbons (Fsp3) is 0.444. The van der Waals surface area contributed by atoms with Crippen molar-refractivity contribution in [2.24, 2.45) is 5.92 Å². The normalized spacial score (nSPS) is 15.5. The average molecular weight is 598 g/mol. The number of imide groups is 2. The third-order valence-electron chi connectivity index (χ3n) is 8.79. The van der Waals surface area contributed by atoms with Gasteiger partial charge >= 0.3 is 0 Å². The molecule has 0 bridgehead atoms. The van der Waals surface area contributed by atoms with Gasteiger partial charge < -0.3 is 9.64 Å². The molecule has 2 aliphatic rings. The number of nitrogens with zero attached hydrogens (tertiary/aromatic N) is 3. The number of carbonyl (C=O) groups excluding carboxylic acids is 4. The third-order valence-corrected chi connectivity index (χ3v) is 8.79. The summed E-state index contributed by atoms with van der Waals surface area (Å²) in [5.41, 5.74) is 2.20. The number of ether oxygens (including phenoxy) is 1. The van der Waals surface area contributed by atoms with Gasteiger partial charge in [-0.3, -0.25) is 24.1 Å². The van der Waals surface area contributed by atoms with E-state index in [2.05, 4.69) is 13.8 Å². The predicted octanol–water partition coefficient (Wildman–Crippen LogP) is 6.69. The lowest BCUT2D eigenvalue weighted by Crippen LogP contribution is -2.45. The van der Waals surface area contributed by atoms with Gasteiger partial charge in [0.25, 0.3) is 23.6 Å². The molecule has 5 rings (SSSR count). The van der Waals surface area contributed by atoms with Gasteiger partial charge in [0.2, 0.25) is 0 Å². The molecule has 0 aliphatic carbocycles. The van der Waals surface area contributed by atoms with Crippen molar-refractivity contribution < 1.29 is 23.9 Å². The van der Waals surface area contributed by atoms with Crippen LogP contribution in [0.25, 0.3) is 10.8 Å². The summed E-state index contributed by atoms with van der Waals surface area (Å²) < 4.78 is 5.99. The molecule has 0 fully saturated rings. The van der Waals surface area contributed by atoms with E-state index in [0.29, 0.717) is 64.2 Å². The number of unbranched alkanes of at least 4 members (excludes halogenated alkanes) is 1. The Balaban J connectivity index is 1.58. The summed E-state index contributed by atoms with van der Waals surface area (Å²) >= 11 is 0. The smallest absolute Gasteiger partial charge is 0.265 e. The summed E-state index contributed by atoms with van der Waals surface area (Å²) in [6.07, 6.45) is 3.91. The van der Waals surface area contributed by atoms with Gasteiger partial charge in [0.1, 0.15) is 12.4 Å². The topological polar surface area (TPSA) is 87.2 Å². The molecule has 44 heavy (non-hydrogen) atoms. The second kappa shape index (κ2) is 12.2. The van der Waals surface area contributed by atoms with Crippen molar-refractivity contribution in [1.29, 1.82) is 0 Å². The van der Waals surface area contributed by atoms with Crippen LogP contribution in [0.4, 0.5) is 5.69 Å². The lowest BCUT2D eigenvalue weighted by Gasteiger charge is -2.34. The van der Waals surface area contributed by atoms with E-state index < -0.39 is 11.8 Å². The van der Waals surface area contributed by atoms with E-state index in [1.54, 1.807) is 30.3 Å². The van der Waals surface area contributed by atoms with Crippen molar-refractivity contribution in [3.63, 3.8) is 0 Å². The first kappa shape index (κ1) is 31.4. The molecule has 0 saturated heterocycles. The molecule has 4 amide bonds. The molecule has 0 aromatic heterocycles. The van der Waals surface area contributed by atoms with Crippen LogP contribution >= 0.6 is 0 Å². The fourth-order valence-electron chi connectivity index (χ4n) is 6.25. The quantitative estimate of drug-likeness (QED) is 0.229. The number of amides is 4. The van der Waals surface area contributed by atoms with Crippen LogP contribution in [0.1, 0.15) is 107 Å². The van der Waals surface area contributed by atoms with E-state index in [-0.39, 0.29) is 23.1 Å². The Morgan fingerprint density at radius 2 is 1.34 bits per heavy atom. The largest absolute Gasteiger partial charge is 0.492 e. The number of carbonyl (C=O) groups is 4. The standard InChI is InChI=1S/C36H43N3O5/c1-8-10-11-22(9-2)21-38-32(40)24-13-15-26-31-27(16-14-25(30(24)31)33(38)41)35(43)39(34(26)42)29-20-23(44-19-18-37(6)7)12-17-28(29)36(3,4)5/h12-17,20,22H,8-11,18-19,21H2,1-7H3. The lowest BCUT2D eigenvalue weighted by molar-refractivity contribution is 0.0578. The highest BCUT2D eigenvalue weighted by Crippen LogP contribution is 2.42. The van der Waals surface area contributed by atoms with Crippen molar-refractivity contribution in [3.05, 3.63) is 70.3 Å². The minimum absolute atomic E-state index is 0.216. The van der Waals surface area contributed by atoms with Crippen LogP contribution in [-0.2, 0) is 5.41 Å². The second-order valence-corrected chi connectivity index (χ2v) is 13.2. The Hall–Kier alpha value is -4.04. The zero-order valence-corrected chi connectivity index (χ0v) is 27.0. The molecule has 232 valence electrons. The van der Waals surface area contributed by atoms with Crippen LogP contribution in [-0.4, -0.2) is 67.2 Å². The number of hydrogen-bond donors (Lipinski definition) is 0. The summed E-state index contributed by atoms with van der Waals surface area (Å²) in [5.74, 6) is -0.951. The molecule has 2 aliphatic heterocycles. The summed E-state index contributed by atoms with van der Waals surface area (Å²) in [7, 11) is 3.93. The Kier molecular flexibility index (Phi) is 8.67. The lowest BCUT2D eigenvalue weighted by atomic mass is 9.83. The molecule has 3 aromatic rings. The molecule has 1 unspecified atom stereocenters. The third kappa shape index (κ3) is 5.52. The van der Waals surface area contributed by atoms with Gasteiger partial charge in [0.05, 0.1) is 5.69 Å². The maximum absolute atomic E-state index is 14.2. The van der Waals surface area contributed by atoms with E-state index in [4.69, 9.17) is 4.74 Å². The number of rotatable bonds is 11. The van der Waals surface area contributed by atoms with E-state index in [9.17, 15) is 19.2 Å². The molecule has 0 spiro atoms. The van der Waals surface area contributed by atoms with Gasteiger partial charge in [-0.15, -0.1) is 0 Å². The monoisotopic (exact) mass is 597 g/mol. The van der Waals surface area contributed by atoms with Gasteiger partial charge in [-0.2, -0.15) is 0 Å². The van der Waals surface area contributed by atoms with Crippen LogP contribution in [0.15, 0.2) is 42.5 Å². The molecule has 2 heterocycles. The summed E-state index contributed by atoms with van der Waals surface area (Å²) in [4.78, 5) is 60.5. The van der Waals surface area contributed by atoms with Gasteiger partial charge in [-0.1, -0.05) is 59.9 Å². The fourth-order valence-corrected chi connectivity index (χ4v) is 6.25. The minimum atomic E-state index is -0.491. The maximum Gasteiger partial charge on any atom is 0.265 e. The predicted molar refractivity (Wildman–Crippen MR) is 173 cm³/mol. The average Bonchev–Trinajstić information content (AvgIpc) is 2.98. The van der Waals surface area contributed by atoms with Crippen LogP contribution in [0, 0.1) is 5.92 Å². The highest BCUT2D eigenvalue weighted by Gasteiger charge is 2.41. The van der Waals surface area contributed by atoms with E-state index in [1.807, 2.05) is 51.9 Å². The first-order chi connectivity index (χ1) is 20.9. The first-order valence-corrected chi connectivity index (χ1v) is 15.7. The van der Waals surface area contributed by atoms with Crippen LogP contribution in [0.2, 0.25) is 0 Å². The SMILES string of the molecule is CCCCC(CC)CN1C(=O)c2ccc3c4c(ccc(c24)C1=O)C(=O)N(c1cc(OCCN(C)C)ccc1C(C)(C)C)C3=O. The van der Waals surface area contributed by atoms with E-state index in [1.165, 1.54) is 9.80 Å². The van der Waals surface area contributed by atoms with Gasteiger partial charge in [-0.25, -0.2) is 4.90 Å². The highest BCUT2D eigenvalue weighted by atomic mass is 16.5. The van der Waals surface area contributed by atoms with Crippen LogP contribution < -0.4 is 9.64 Å². The van der Waals surface area contributed by atoms with Crippen molar-refractivity contribution >= 4 is 40.1 Å². The molecule has 8 heteroatoms. The Morgan fingerprint density at radius 1 is 0.795 bits per heavy atom. The van der Waals surface area contributed by atoms with Crippen molar-refractivity contribution in [3.8, 4) is 5.75 Å². The molecule has 0 saturated carbocycles. The Morgan fingerprint density at radius 3 is 1.82 bits per heavy atom. The highest BCUT2D eigenvalue weighted by molar-refractivity contribution is 6.39. The zero-order chi connectivity index (χ0) is 31.9. The van der Waals surface area contributed by atoms with E-state index >= 15 is 0 Å². The summed E-state index contributed by atoms with van der Waals surface area (Å²) in [6.45, 7) is 11.8. The van der Waals surface area contributed by atoms with Gasteiger partial charge in [0, 0.05) is 52.2 Å². The molecular weight excluding hydrogens is 554 g/mol. The minimum Gasteiger partial charge on any atom is -0.492 e. The zero-order valence-electron chi connectivity index (χ0n) is 27.0. The van der Waals surface area contributed by atoms with Crippen LogP contribution in [0.5, 0.6) is 5.75 Å². The molecular formula is C36H43N3O5. The van der Waals surface area contributed by atoms with E-state index in [0.717, 1.165) is 31.2 Å². The number of benzene rings is 3. The molecule has 0 radical (unpaired) electrons. The molecule has 3 aromatic carbocycles. The number of anilines is 1. The van der Waals surface area contributed by atoms with Crippen molar-refractivity contribution in [2.75, 3.05) is 38.7 Å². The number of hydrogen-bond acceptors (Lipinski definition) is 6. The summed E-state index contributed by atoms with van der Waals surface area (Å²) in [6, 6.07) is 12.1.